The van der Waals surface area contributed by atoms with Crippen molar-refractivity contribution in [2.24, 2.45) is 0 Å². The molecule has 1 aliphatic heterocycles. The maximum Gasteiger partial charge on any atom is 0.141 e. The van der Waals surface area contributed by atoms with Crippen molar-refractivity contribution < 1.29 is 4.39 Å². The van der Waals surface area contributed by atoms with Crippen LogP contribution in [-0.4, -0.2) is 13.1 Å². The van der Waals surface area contributed by atoms with Crippen LogP contribution in [0.1, 0.15) is 29.4 Å². The third-order valence-electron chi connectivity index (χ3n) is 4.15. The summed E-state index contributed by atoms with van der Waals surface area (Å²) >= 11 is 11.9. The van der Waals surface area contributed by atoms with E-state index in [9.17, 15) is 4.39 Å². The first-order chi connectivity index (χ1) is 10.1. The van der Waals surface area contributed by atoms with Crippen LogP contribution in [0.3, 0.4) is 0 Å². The van der Waals surface area contributed by atoms with Crippen molar-refractivity contribution in [2.75, 3.05) is 13.1 Å². The van der Waals surface area contributed by atoms with Gasteiger partial charge in [0.25, 0.3) is 0 Å². The first-order valence-corrected chi connectivity index (χ1v) is 7.82. The molecule has 3 rings (SSSR count). The van der Waals surface area contributed by atoms with Crippen molar-refractivity contribution in [3.63, 3.8) is 0 Å². The molecule has 2 atom stereocenters. The van der Waals surface area contributed by atoms with Crippen LogP contribution in [0.5, 0.6) is 0 Å². The van der Waals surface area contributed by atoms with E-state index in [0.29, 0.717) is 11.8 Å². The Hall–Kier alpha value is -1.09. The summed E-state index contributed by atoms with van der Waals surface area (Å²) < 4.78 is 13.4. The molecule has 110 valence electrons. The van der Waals surface area contributed by atoms with E-state index < -0.39 is 0 Å². The van der Waals surface area contributed by atoms with Gasteiger partial charge in [-0.15, -0.1) is 0 Å². The Morgan fingerprint density at radius 1 is 0.952 bits per heavy atom. The van der Waals surface area contributed by atoms with E-state index in [1.165, 1.54) is 11.6 Å². The van der Waals surface area contributed by atoms with Gasteiger partial charge in [-0.3, -0.25) is 0 Å². The molecule has 2 unspecified atom stereocenters. The number of halogens is 3. The minimum absolute atomic E-state index is 0.195. The summed E-state index contributed by atoms with van der Waals surface area (Å²) in [5.41, 5.74) is 2.35. The van der Waals surface area contributed by atoms with Crippen molar-refractivity contribution in [3.8, 4) is 0 Å². The number of hydrogen-bond acceptors (Lipinski definition) is 1. The SMILES string of the molecule is Fc1ccc(C2CCNCC2c2ccc(Cl)cc2)cc1Cl. The van der Waals surface area contributed by atoms with E-state index in [-0.39, 0.29) is 10.8 Å². The van der Waals surface area contributed by atoms with Gasteiger partial charge >= 0.3 is 0 Å². The molecule has 2 aromatic carbocycles. The molecule has 2 aromatic rings. The third-order valence-corrected chi connectivity index (χ3v) is 4.69. The van der Waals surface area contributed by atoms with Crippen LogP contribution < -0.4 is 5.32 Å². The van der Waals surface area contributed by atoms with E-state index in [1.807, 2.05) is 18.2 Å². The lowest BCUT2D eigenvalue weighted by atomic mass is 9.77. The minimum atomic E-state index is -0.364. The second kappa shape index (κ2) is 6.35. The molecule has 0 aliphatic carbocycles. The Balaban J connectivity index is 1.94. The molecule has 0 bridgehead atoms. The zero-order valence-electron chi connectivity index (χ0n) is 11.5. The normalized spacial score (nSPS) is 22.2. The Bertz CT molecular complexity index is 627. The fourth-order valence-corrected chi connectivity index (χ4v) is 3.38. The average Bonchev–Trinajstić information content (AvgIpc) is 2.51. The summed E-state index contributed by atoms with van der Waals surface area (Å²) in [5.74, 6) is 0.320. The van der Waals surface area contributed by atoms with Gasteiger partial charge in [-0.25, -0.2) is 4.39 Å². The Kier molecular flexibility index (Phi) is 4.48. The fraction of sp³-hybridized carbons (Fsp3) is 0.294. The molecule has 0 amide bonds. The Morgan fingerprint density at radius 3 is 2.38 bits per heavy atom. The maximum atomic E-state index is 13.4. The average molecular weight is 324 g/mol. The number of rotatable bonds is 2. The van der Waals surface area contributed by atoms with E-state index >= 15 is 0 Å². The number of nitrogens with one attached hydrogen (secondary N) is 1. The molecule has 1 fully saturated rings. The van der Waals surface area contributed by atoms with Gasteiger partial charge in [0, 0.05) is 17.5 Å². The topological polar surface area (TPSA) is 12.0 Å². The largest absolute Gasteiger partial charge is 0.316 e. The number of benzene rings is 2. The highest BCUT2D eigenvalue weighted by Crippen LogP contribution is 2.38. The van der Waals surface area contributed by atoms with E-state index in [0.717, 1.165) is 30.1 Å². The van der Waals surface area contributed by atoms with Gasteiger partial charge in [-0.1, -0.05) is 41.4 Å². The molecule has 0 spiro atoms. The van der Waals surface area contributed by atoms with Gasteiger partial charge in [0.1, 0.15) is 5.82 Å². The molecule has 4 heteroatoms. The zero-order valence-corrected chi connectivity index (χ0v) is 13.0. The van der Waals surface area contributed by atoms with Gasteiger partial charge in [0.2, 0.25) is 0 Å². The second-order valence-electron chi connectivity index (χ2n) is 5.43. The molecule has 1 nitrogen and oxygen atoms in total. The quantitative estimate of drug-likeness (QED) is 0.820. The van der Waals surface area contributed by atoms with Crippen molar-refractivity contribution in [1.29, 1.82) is 0 Å². The van der Waals surface area contributed by atoms with Crippen molar-refractivity contribution >= 4 is 23.2 Å². The van der Waals surface area contributed by atoms with Crippen molar-refractivity contribution in [1.82, 2.24) is 5.32 Å². The molecule has 1 heterocycles. The number of piperidine rings is 1. The van der Waals surface area contributed by atoms with Crippen LogP contribution in [0, 0.1) is 5.82 Å². The van der Waals surface area contributed by atoms with Crippen LogP contribution in [0.4, 0.5) is 4.39 Å². The summed E-state index contributed by atoms with van der Waals surface area (Å²) in [4.78, 5) is 0. The van der Waals surface area contributed by atoms with Crippen LogP contribution in [0.2, 0.25) is 10.0 Å². The summed E-state index contributed by atoms with van der Waals surface area (Å²) in [6, 6.07) is 13.0. The predicted molar refractivity (Wildman–Crippen MR) is 85.8 cm³/mol. The van der Waals surface area contributed by atoms with Gasteiger partial charge in [-0.05, 0) is 54.3 Å². The van der Waals surface area contributed by atoms with Crippen LogP contribution in [0.15, 0.2) is 42.5 Å². The first-order valence-electron chi connectivity index (χ1n) is 7.06. The fourth-order valence-electron chi connectivity index (χ4n) is 3.06. The summed E-state index contributed by atoms with van der Waals surface area (Å²) in [5, 5.41) is 4.37. The highest BCUT2D eigenvalue weighted by molar-refractivity contribution is 6.31. The molecule has 1 aliphatic rings. The molecular formula is C17H16Cl2FN. The van der Waals surface area contributed by atoms with Crippen LogP contribution >= 0.6 is 23.2 Å². The first kappa shape index (κ1) is 14.8. The predicted octanol–water partition coefficient (Wildman–Crippen LogP) is 4.99. The van der Waals surface area contributed by atoms with Gasteiger partial charge in [0.05, 0.1) is 5.02 Å². The van der Waals surface area contributed by atoms with E-state index in [4.69, 9.17) is 23.2 Å². The Labute approximate surface area is 134 Å². The molecule has 1 N–H and O–H groups in total. The molecular weight excluding hydrogens is 308 g/mol. The molecule has 1 saturated heterocycles. The standard InChI is InChI=1S/C17H16Cl2FN/c18-13-4-1-11(2-5-13)15-10-21-8-7-14(15)12-3-6-17(20)16(19)9-12/h1-6,9,14-15,21H,7-8,10H2. The highest BCUT2D eigenvalue weighted by atomic mass is 35.5. The van der Waals surface area contributed by atoms with E-state index in [1.54, 1.807) is 6.07 Å². The van der Waals surface area contributed by atoms with E-state index in [2.05, 4.69) is 17.4 Å². The lowest BCUT2D eigenvalue weighted by Gasteiger charge is -2.33. The van der Waals surface area contributed by atoms with Gasteiger partial charge < -0.3 is 5.32 Å². The lowest BCUT2D eigenvalue weighted by molar-refractivity contribution is 0.404. The molecule has 21 heavy (non-hydrogen) atoms. The number of hydrogen-bond donors (Lipinski definition) is 1. The maximum absolute atomic E-state index is 13.4. The third kappa shape index (κ3) is 3.23. The van der Waals surface area contributed by atoms with Crippen LogP contribution in [0.25, 0.3) is 0 Å². The second-order valence-corrected chi connectivity index (χ2v) is 6.27. The molecule has 0 radical (unpaired) electrons. The lowest BCUT2D eigenvalue weighted by Crippen LogP contribution is -2.34. The monoisotopic (exact) mass is 323 g/mol. The molecule has 0 aromatic heterocycles. The summed E-state index contributed by atoms with van der Waals surface area (Å²) in [7, 11) is 0. The van der Waals surface area contributed by atoms with Crippen molar-refractivity contribution in [3.05, 3.63) is 69.5 Å². The zero-order chi connectivity index (χ0) is 14.8. The van der Waals surface area contributed by atoms with Crippen molar-refractivity contribution in [2.45, 2.75) is 18.3 Å². The van der Waals surface area contributed by atoms with Gasteiger partial charge in [0.15, 0.2) is 0 Å². The highest BCUT2D eigenvalue weighted by Gasteiger charge is 2.28. The summed E-state index contributed by atoms with van der Waals surface area (Å²) in [6.07, 6.45) is 1.01. The summed E-state index contributed by atoms with van der Waals surface area (Å²) in [6.45, 7) is 1.87. The minimum Gasteiger partial charge on any atom is -0.316 e. The van der Waals surface area contributed by atoms with Crippen LogP contribution in [-0.2, 0) is 0 Å². The Morgan fingerprint density at radius 2 is 1.67 bits per heavy atom. The molecule has 0 saturated carbocycles. The smallest absolute Gasteiger partial charge is 0.141 e. The van der Waals surface area contributed by atoms with Gasteiger partial charge in [-0.2, -0.15) is 0 Å².